The van der Waals surface area contributed by atoms with Crippen LogP contribution in [0.1, 0.15) is 25.7 Å². The third-order valence-corrected chi connectivity index (χ3v) is 3.81. The quantitative estimate of drug-likeness (QED) is 0.777. The number of anilines is 2. The molecule has 21 heavy (non-hydrogen) atoms. The lowest BCUT2D eigenvalue weighted by molar-refractivity contribution is -0.139. The van der Waals surface area contributed by atoms with Crippen molar-refractivity contribution in [3.63, 3.8) is 0 Å². The number of carbonyl (C=O) groups excluding carboxylic acids is 1. The Morgan fingerprint density at radius 1 is 1.29 bits per heavy atom. The fraction of sp³-hybridized carbons (Fsp3) is 0.467. The molecule has 0 saturated heterocycles. The third-order valence-electron chi connectivity index (χ3n) is 3.81. The van der Waals surface area contributed by atoms with E-state index in [1.807, 2.05) is 43.3 Å². The molecular formula is C15H21N3O3. The Morgan fingerprint density at radius 3 is 2.48 bits per heavy atom. The number of carboxylic acid groups (broad SMARTS) is 1. The van der Waals surface area contributed by atoms with Crippen molar-refractivity contribution in [3.05, 3.63) is 24.3 Å². The Kier molecular flexibility index (Phi) is 4.35. The number of nitrogens with zero attached hydrogens (tertiary/aromatic N) is 1. The Balaban J connectivity index is 2.03. The van der Waals surface area contributed by atoms with Crippen LogP contribution in [0.4, 0.5) is 16.2 Å². The summed E-state index contributed by atoms with van der Waals surface area (Å²) >= 11 is 0. The van der Waals surface area contributed by atoms with Gasteiger partial charge in [-0.15, -0.1) is 0 Å². The molecule has 2 rings (SSSR count). The van der Waals surface area contributed by atoms with Crippen LogP contribution in [0.25, 0.3) is 0 Å². The summed E-state index contributed by atoms with van der Waals surface area (Å²) < 4.78 is 0. The van der Waals surface area contributed by atoms with Gasteiger partial charge >= 0.3 is 12.0 Å². The molecule has 0 radical (unpaired) electrons. The van der Waals surface area contributed by atoms with Crippen molar-refractivity contribution in [1.29, 1.82) is 0 Å². The molecule has 0 unspecified atom stereocenters. The van der Waals surface area contributed by atoms with Crippen molar-refractivity contribution in [2.45, 2.75) is 31.2 Å². The topological polar surface area (TPSA) is 81.7 Å². The molecule has 1 saturated carbocycles. The van der Waals surface area contributed by atoms with Crippen LogP contribution >= 0.6 is 0 Å². The molecule has 114 valence electrons. The zero-order chi connectivity index (χ0) is 15.5. The van der Waals surface area contributed by atoms with Gasteiger partial charge in [0.25, 0.3) is 0 Å². The SMILES string of the molecule is CN(C)c1ccccc1NC(=O)NC1(CC(=O)O)CCC1. The van der Waals surface area contributed by atoms with Crippen LogP contribution in [0.2, 0.25) is 0 Å². The monoisotopic (exact) mass is 291 g/mol. The van der Waals surface area contributed by atoms with Crippen LogP contribution in [0.3, 0.4) is 0 Å². The van der Waals surface area contributed by atoms with E-state index < -0.39 is 11.5 Å². The van der Waals surface area contributed by atoms with Gasteiger partial charge in [-0.2, -0.15) is 0 Å². The minimum atomic E-state index is -0.885. The highest BCUT2D eigenvalue weighted by molar-refractivity contribution is 5.93. The van der Waals surface area contributed by atoms with Gasteiger partial charge in [-0.1, -0.05) is 12.1 Å². The summed E-state index contributed by atoms with van der Waals surface area (Å²) in [5.41, 5.74) is 1.00. The number of carbonyl (C=O) groups is 2. The number of hydrogen-bond donors (Lipinski definition) is 3. The smallest absolute Gasteiger partial charge is 0.319 e. The summed E-state index contributed by atoms with van der Waals surface area (Å²) in [4.78, 5) is 25.0. The number of hydrogen-bond acceptors (Lipinski definition) is 3. The number of benzene rings is 1. The number of urea groups is 1. The first-order chi connectivity index (χ1) is 9.92. The summed E-state index contributed by atoms with van der Waals surface area (Å²) in [6.45, 7) is 0. The van der Waals surface area contributed by atoms with Gasteiger partial charge in [-0.05, 0) is 31.4 Å². The molecule has 0 aromatic heterocycles. The summed E-state index contributed by atoms with van der Waals surface area (Å²) in [5.74, 6) is -0.885. The van der Waals surface area contributed by atoms with E-state index in [0.717, 1.165) is 12.1 Å². The standard InChI is InChI=1S/C15H21N3O3/c1-18(2)12-7-4-3-6-11(12)16-14(21)17-15(8-5-9-15)10-13(19)20/h3-4,6-7H,5,8-10H2,1-2H3,(H,19,20)(H2,16,17,21). The maximum Gasteiger partial charge on any atom is 0.319 e. The van der Waals surface area contributed by atoms with E-state index in [2.05, 4.69) is 10.6 Å². The minimum absolute atomic E-state index is 0.0320. The minimum Gasteiger partial charge on any atom is -0.481 e. The zero-order valence-electron chi connectivity index (χ0n) is 12.3. The number of amides is 2. The predicted octanol–water partition coefficient (Wildman–Crippen LogP) is 2.27. The van der Waals surface area contributed by atoms with Crippen LogP contribution in [-0.4, -0.2) is 36.7 Å². The molecule has 1 fully saturated rings. The van der Waals surface area contributed by atoms with Crippen molar-refractivity contribution in [2.24, 2.45) is 0 Å². The summed E-state index contributed by atoms with van der Waals surface area (Å²) in [7, 11) is 3.80. The molecule has 0 aliphatic heterocycles. The molecule has 1 aromatic rings. The third kappa shape index (κ3) is 3.65. The second-order valence-corrected chi connectivity index (χ2v) is 5.70. The lowest BCUT2D eigenvalue weighted by atomic mass is 9.74. The van der Waals surface area contributed by atoms with E-state index >= 15 is 0 Å². The van der Waals surface area contributed by atoms with Crippen LogP contribution in [0.5, 0.6) is 0 Å². The fourth-order valence-corrected chi connectivity index (χ4v) is 2.60. The number of rotatable bonds is 5. The highest BCUT2D eigenvalue weighted by atomic mass is 16.4. The number of nitrogens with one attached hydrogen (secondary N) is 2. The fourth-order valence-electron chi connectivity index (χ4n) is 2.60. The van der Waals surface area contributed by atoms with Crippen LogP contribution < -0.4 is 15.5 Å². The molecule has 0 bridgehead atoms. The van der Waals surface area contributed by atoms with E-state index in [4.69, 9.17) is 5.11 Å². The molecule has 1 aromatic carbocycles. The summed E-state index contributed by atoms with van der Waals surface area (Å²) in [6, 6.07) is 7.12. The molecule has 1 aliphatic rings. The first-order valence-corrected chi connectivity index (χ1v) is 6.99. The van der Waals surface area contributed by atoms with Crippen molar-refractivity contribution in [1.82, 2.24) is 5.32 Å². The maximum absolute atomic E-state index is 12.1. The highest BCUT2D eigenvalue weighted by Gasteiger charge is 2.40. The highest BCUT2D eigenvalue weighted by Crippen LogP contribution is 2.35. The van der Waals surface area contributed by atoms with E-state index in [9.17, 15) is 9.59 Å². The average Bonchev–Trinajstić information content (AvgIpc) is 2.35. The van der Waals surface area contributed by atoms with E-state index in [1.165, 1.54) is 0 Å². The Hall–Kier alpha value is -2.24. The lowest BCUT2D eigenvalue weighted by Gasteiger charge is -2.41. The predicted molar refractivity (Wildman–Crippen MR) is 81.8 cm³/mol. The normalized spacial score (nSPS) is 15.7. The molecular weight excluding hydrogens is 270 g/mol. The molecule has 0 heterocycles. The Labute approximate surface area is 124 Å². The molecule has 0 atom stereocenters. The Bertz CT molecular complexity index is 539. The van der Waals surface area contributed by atoms with Gasteiger partial charge in [0.15, 0.2) is 0 Å². The lowest BCUT2D eigenvalue weighted by Crippen LogP contribution is -2.55. The average molecular weight is 291 g/mol. The first kappa shape index (κ1) is 15.2. The molecule has 3 N–H and O–H groups in total. The van der Waals surface area contributed by atoms with Gasteiger partial charge in [-0.3, -0.25) is 4.79 Å². The van der Waals surface area contributed by atoms with E-state index in [1.54, 1.807) is 0 Å². The van der Waals surface area contributed by atoms with Crippen molar-refractivity contribution >= 4 is 23.4 Å². The van der Waals surface area contributed by atoms with E-state index in [0.29, 0.717) is 18.5 Å². The van der Waals surface area contributed by atoms with Crippen molar-refractivity contribution < 1.29 is 14.7 Å². The van der Waals surface area contributed by atoms with Crippen LogP contribution in [0, 0.1) is 0 Å². The van der Waals surface area contributed by atoms with E-state index in [-0.39, 0.29) is 12.5 Å². The molecule has 6 nitrogen and oxygen atoms in total. The first-order valence-electron chi connectivity index (χ1n) is 6.99. The van der Waals surface area contributed by atoms with Gasteiger partial charge in [-0.25, -0.2) is 4.79 Å². The second-order valence-electron chi connectivity index (χ2n) is 5.70. The second kappa shape index (κ2) is 6.03. The van der Waals surface area contributed by atoms with Crippen molar-refractivity contribution in [2.75, 3.05) is 24.3 Å². The van der Waals surface area contributed by atoms with Crippen LogP contribution in [0.15, 0.2) is 24.3 Å². The number of carboxylic acids is 1. The zero-order valence-corrected chi connectivity index (χ0v) is 12.3. The van der Waals surface area contributed by atoms with Gasteiger partial charge in [0.1, 0.15) is 0 Å². The molecule has 6 heteroatoms. The van der Waals surface area contributed by atoms with Gasteiger partial charge in [0.05, 0.1) is 23.3 Å². The largest absolute Gasteiger partial charge is 0.481 e. The summed E-state index contributed by atoms with van der Waals surface area (Å²) in [6.07, 6.45) is 2.34. The van der Waals surface area contributed by atoms with Gasteiger partial charge in [0, 0.05) is 14.1 Å². The number of aliphatic carboxylic acids is 1. The van der Waals surface area contributed by atoms with Gasteiger partial charge < -0.3 is 20.6 Å². The maximum atomic E-state index is 12.1. The molecule has 2 amide bonds. The number of para-hydroxylation sites is 2. The molecule has 0 spiro atoms. The molecule has 1 aliphatic carbocycles. The van der Waals surface area contributed by atoms with Crippen molar-refractivity contribution in [3.8, 4) is 0 Å². The van der Waals surface area contributed by atoms with Crippen LogP contribution in [-0.2, 0) is 4.79 Å². The summed E-state index contributed by atoms with van der Waals surface area (Å²) in [5, 5.41) is 14.6. The Morgan fingerprint density at radius 2 is 1.95 bits per heavy atom. The van der Waals surface area contributed by atoms with Gasteiger partial charge in [0.2, 0.25) is 0 Å².